The van der Waals surface area contributed by atoms with Gasteiger partial charge in [0.05, 0.1) is 6.10 Å². The minimum absolute atomic E-state index is 0.0202. The van der Waals surface area contributed by atoms with Gasteiger partial charge >= 0.3 is 0 Å². The van der Waals surface area contributed by atoms with Crippen LogP contribution in [0.15, 0.2) is 0 Å². The predicted molar refractivity (Wildman–Crippen MR) is 68.3 cm³/mol. The van der Waals surface area contributed by atoms with Gasteiger partial charge in [-0.05, 0) is 43.4 Å². The van der Waals surface area contributed by atoms with Gasteiger partial charge < -0.3 is 5.11 Å². The molecule has 2 saturated carbocycles. The van der Waals surface area contributed by atoms with Crippen molar-refractivity contribution < 1.29 is 5.11 Å². The molecule has 0 heterocycles. The van der Waals surface area contributed by atoms with E-state index in [9.17, 15) is 5.11 Å². The second kappa shape index (κ2) is 6.05. The molecule has 0 spiro atoms. The number of aliphatic hydroxyl groups excluding tert-OH is 1. The maximum absolute atomic E-state index is 9.47. The summed E-state index contributed by atoms with van der Waals surface area (Å²) < 4.78 is 0. The largest absolute Gasteiger partial charge is 0.393 e. The monoisotopic (exact) mass is 224 g/mol. The fourth-order valence-electron chi connectivity index (χ4n) is 3.52. The summed E-state index contributed by atoms with van der Waals surface area (Å²) >= 11 is 0. The summed E-state index contributed by atoms with van der Waals surface area (Å²) in [4.78, 5) is 0. The first kappa shape index (κ1) is 12.4. The van der Waals surface area contributed by atoms with Crippen LogP contribution in [0.4, 0.5) is 0 Å². The molecule has 0 aromatic heterocycles. The molecule has 1 heteroatoms. The van der Waals surface area contributed by atoms with Crippen LogP contribution in [0, 0.1) is 17.8 Å². The van der Waals surface area contributed by atoms with Crippen molar-refractivity contribution in [2.75, 3.05) is 0 Å². The summed E-state index contributed by atoms with van der Waals surface area (Å²) in [5.74, 6) is 2.95. The molecule has 0 aliphatic heterocycles. The Kier molecular flexibility index (Phi) is 4.69. The van der Waals surface area contributed by atoms with Crippen molar-refractivity contribution in [2.24, 2.45) is 17.8 Å². The molecule has 2 rings (SSSR count). The molecule has 2 aliphatic rings. The maximum atomic E-state index is 9.47. The van der Waals surface area contributed by atoms with Crippen molar-refractivity contribution in [3.63, 3.8) is 0 Å². The summed E-state index contributed by atoms with van der Waals surface area (Å²) in [5, 5.41) is 9.47. The van der Waals surface area contributed by atoms with Crippen LogP contribution in [0.3, 0.4) is 0 Å². The van der Waals surface area contributed by atoms with Gasteiger partial charge in [0.1, 0.15) is 0 Å². The topological polar surface area (TPSA) is 20.2 Å². The van der Waals surface area contributed by atoms with Crippen molar-refractivity contribution >= 4 is 0 Å². The normalized spacial score (nSPS) is 40.9. The molecular weight excluding hydrogens is 196 g/mol. The van der Waals surface area contributed by atoms with E-state index in [4.69, 9.17) is 0 Å². The van der Waals surface area contributed by atoms with Crippen LogP contribution >= 0.6 is 0 Å². The smallest absolute Gasteiger partial charge is 0.0540 e. The SMILES string of the molecule is CC1CCC(CCC2CCC(O)CC2)CC1. The minimum Gasteiger partial charge on any atom is -0.393 e. The first-order valence-corrected chi connectivity index (χ1v) is 7.42. The molecule has 0 bridgehead atoms. The lowest BCUT2D eigenvalue weighted by Gasteiger charge is -2.29. The van der Waals surface area contributed by atoms with Gasteiger partial charge in [-0.25, -0.2) is 0 Å². The van der Waals surface area contributed by atoms with Gasteiger partial charge in [0.2, 0.25) is 0 Å². The van der Waals surface area contributed by atoms with E-state index in [0.29, 0.717) is 0 Å². The van der Waals surface area contributed by atoms with Crippen molar-refractivity contribution in [3.05, 3.63) is 0 Å². The van der Waals surface area contributed by atoms with E-state index in [1.54, 1.807) is 0 Å². The highest BCUT2D eigenvalue weighted by Gasteiger charge is 2.22. The van der Waals surface area contributed by atoms with Crippen molar-refractivity contribution in [3.8, 4) is 0 Å². The Bertz CT molecular complexity index is 164. The zero-order valence-corrected chi connectivity index (χ0v) is 10.8. The molecule has 2 aliphatic carbocycles. The van der Waals surface area contributed by atoms with Crippen molar-refractivity contribution in [1.82, 2.24) is 0 Å². The summed E-state index contributed by atoms with van der Waals surface area (Å²) in [5.41, 5.74) is 0. The lowest BCUT2D eigenvalue weighted by molar-refractivity contribution is 0.103. The second-order valence-corrected chi connectivity index (χ2v) is 6.38. The van der Waals surface area contributed by atoms with Gasteiger partial charge in [-0.3, -0.25) is 0 Å². The first-order chi connectivity index (χ1) is 7.74. The predicted octanol–water partition coefficient (Wildman–Crippen LogP) is 4.14. The van der Waals surface area contributed by atoms with Crippen LogP contribution in [-0.4, -0.2) is 11.2 Å². The molecule has 16 heavy (non-hydrogen) atoms. The quantitative estimate of drug-likeness (QED) is 0.763. The Morgan fingerprint density at radius 2 is 1.19 bits per heavy atom. The molecule has 0 aromatic rings. The van der Waals surface area contributed by atoms with Crippen molar-refractivity contribution in [1.29, 1.82) is 0 Å². The Labute approximate surface area is 101 Å². The van der Waals surface area contributed by atoms with E-state index in [0.717, 1.165) is 30.6 Å². The number of rotatable bonds is 3. The van der Waals surface area contributed by atoms with E-state index in [-0.39, 0.29) is 6.10 Å². The third-order valence-corrected chi connectivity index (χ3v) is 4.93. The Morgan fingerprint density at radius 3 is 1.69 bits per heavy atom. The third-order valence-electron chi connectivity index (χ3n) is 4.93. The van der Waals surface area contributed by atoms with E-state index in [2.05, 4.69) is 6.92 Å². The molecule has 0 radical (unpaired) electrons. The van der Waals surface area contributed by atoms with E-state index in [1.165, 1.54) is 51.4 Å². The summed E-state index contributed by atoms with van der Waals surface area (Å²) in [7, 11) is 0. The van der Waals surface area contributed by atoms with Gasteiger partial charge in [-0.15, -0.1) is 0 Å². The summed E-state index contributed by atoms with van der Waals surface area (Å²) in [6.07, 6.45) is 13.5. The zero-order chi connectivity index (χ0) is 11.4. The lowest BCUT2D eigenvalue weighted by atomic mass is 9.77. The second-order valence-electron chi connectivity index (χ2n) is 6.38. The van der Waals surface area contributed by atoms with Gasteiger partial charge in [-0.2, -0.15) is 0 Å². The Balaban J connectivity index is 1.60. The van der Waals surface area contributed by atoms with E-state index >= 15 is 0 Å². The van der Waals surface area contributed by atoms with Crippen LogP contribution in [0.5, 0.6) is 0 Å². The lowest BCUT2D eigenvalue weighted by Crippen LogP contribution is -2.19. The molecule has 1 nitrogen and oxygen atoms in total. The summed E-state index contributed by atoms with van der Waals surface area (Å²) in [6.45, 7) is 2.40. The molecule has 0 aromatic carbocycles. The fourth-order valence-corrected chi connectivity index (χ4v) is 3.52. The third kappa shape index (κ3) is 3.76. The minimum atomic E-state index is 0.0202. The van der Waals surface area contributed by atoms with Crippen LogP contribution in [0.1, 0.15) is 71.1 Å². The van der Waals surface area contributed by atoms with Crippen LogP contribution < -0.4 is 0 Å². The molecular formula is C15H28O. The molecule has 0 saturated heterocycles. The fraction of sp³-hybridized carbons (Fsp3) is 1.00. The molecule has 0 atom stereocenters. The highest BCUT2D eigenvalue weighted by atomic mass is 16.3. The average molecular weight is 224 g/mol. The van der Waals surface area contributed by atoms with Gasteiger partial charge in [-0.1, -0.05) is 45.4 Å². The average Bonchev–Trinajstić information content (AvgIpc) is 2.30. The van der Waals surface area contributed by atoms with Crippen LogP contribution in [-0.2, 0) is 0 Å². The van der Waals surface area contributed by atoms with Crippen LogP contribution in [0.2, 0.25) is 0 Å². The summed E-state index contributed by atoms with van der Waals surface area (Å²) in [6, 6.07) is 0. The Morgan fingerprint density at radius 1 is 0.750 bits per heavy atom. The standard InChI is InChI=1S/C15H28O/c1-12-2-4-13(5-3-12)6-7-14-8-10-15(16)11-9-14/h12-16H,2-11H2,1H3. The molecule has 0 amide bonds. The maximum Gasteiger partial charge on any atom is 0.0540 e. The van der Waals surface area contributed by atoms with Crippen LogP contribution in [0.25, 0.3) is 0 Å². The van der Waals surface area contributed by atoms with Gasteiger partial charge in [0.25, 0.3) is 0 Å². The number of hydrogen-bond acceptors (Lipinski definition) is 1. The van der Waals surface area contributed by atoms with E-state index in [1.807, 2.05) is 0 Å². The van der Waals surface area contributed by atoms with Gasteiger partial charge in [0, 0.05) is 0 Å². The van der Waals surface area contributed by atoms with Gasteiger partial charge in [0.15, 0.2) is 0 Å². The highest BCUT2D eigenvalue weighted by Crippen LogP contribution is 2.34. The molecule has 0 unspecified atom stereocenters. The number of aliphatic hydroxyl groups is 1. The molecule has 2 fully saturated rings. The zero-order valence-electron chi connectivity index (χ0n) is 10.8. The first-order valence-electron chi connectivity index (χ1n) is 7.42. The number of hydrogen-bond donors (Lipinski definition) is 1. The Hall–Kier alpha value is -0.0400. The molecule has 94 valence electrons. The highest BCUT2D eigenvalue weighted by molar-refractivity contribution is 4.75. The van der Waals surface area contributed by atoms with E-state index < -0.39 is 0 Å². The molecule has 1 N–H and O–H groups in total. The van der Waals surface area contributed by atoms with Crippen molar-refractivity contribution in [2.45, 2.75) is 77.2 Å².